The van der Waals surface area contributed by atoms with Crippen LogP contribution in [0.1, 0.15) is 26.7 Å². The topological polar surface area (TPSA) is 21.3 Å². The highest BCUT2D eigenvalue weighted by atomic mass is 79.9. The second-order valence-corrected chi connectivity index (χ2v) is 4.91. The summed E-state index contributed by atoms with van der Waals surface area (Å²) in [5.74, 6) is 0.00191. The summed E-state index contributed by atoms with van der Waals surface area (Å²) in [6, 6.07) is 4.74. The molecule has 0 heterocycles. The Morgan fingerprint density at radius 3 is 2.94 bits per heavy atom. The molecule has 0 saturated heterocycles. The summed E-state index contributed by atoms with van der Waals surface area (Å²) >= 11 is 3.30. The van der Waals surface area contributed by atoms with Crippen LogP contribution in [0, 0.1) is 5.82 Å². The lowest BCUT2D eigenvalue weighted by atomic mass is 10.2. The zero-order valence-corrected chi connectivity index (χ0v) is 11.9. The Balaban J connectivity index is 2.39. The molecule has 0 aromatic heterocycles. The average Bonchev–Trinajstić information content (AvgIpc) is 2.29. The van der Waals surface area contributed by atoms with Gasteiger partial charge < -0.3 is 10.1 Å². The van der Waals surface area contributed by atoms with Gasteiger partial charge in [-0.3, -0.25) is 0 Å². The highest BCUT2D eigenvalue weighted by Crippen LogP contribution is 2.23. The van der Waals surface area contributed by atoms with Crippen LogP contribution in [-0.4, -0.2) is 19.2 Å². The van der Waals surface area contributed by atoms with Gasteiger partial charge in [0.25, 0.3) is 0 Å². The van der Waals surface area contributed by atoms with E-state index < -0.39 is 0 Å². The number of nitrogens with one attached hydrogen (secondary N) is 1. The van der Waals surface area contributed by atoms with E-state index in [1.165, 1.54) is 6.07 Å². The number of hydrogen-bond acceptors (Lipinski definition) is 2. The first-order valence-corrected chi connectivity index (χ1v) is 6.75. The van der Waals surface area contributed by atoms with E-state index in [1.54, 1.807) is 12.1 Å². The van der Waals surface area contributed by atoms with Crippen LogP contribution in [0.15, 0.2) is 22.7 Å². The molecule has 17 heavy (non-hydrogen) atoms. The summed E-state index contributed by atoms with van der Waals surface area (Å²) in [5.41, 5.74) is 0. The Kier molecular flexibility index (Phi) is 6.52. The van der Waals surface area contributed by atoms with E-state index in [2.05, 4.69) is 28.2 Å². The fourth-order valence-electron chi connectivity index (χ4n) is 1.53. The van der Waals surface area contributed by atoms with Crippen molar-refractivity contribution in [1.82, 2.24) is 5.32 Å². The molecule has 0 aliphatic rings. The minimum absolute atomic E-state index is 0.0254. The zero-order valence-electron chi connectivity index (χ0n) is 10.3. The van der Waals surface area contributed by atoms with Gasteiger partial charge in [0, 0.05) is 4.47 Å². The van der Waals surface area contributed by atoms with Gasteiger partial charge in [0.05, 0.1) is 6.10 Å². The maximum atomic E-state index is 13.4. The molecular formula is C13H19BrFNO. The maximum Gasteiger partial charge on any atom is 0.165 e. The smallest absolute Gasteiger partial charge is 0.165 e. The van der Waals surface area contributed by atoms with Crippen LogP contribution in [0.3, 0.4) is 0 Å². The van der Waals surface area contributed by atoms with Gasteiger partial charge in [-0.05, 0) is 51.1 Å². The molecule has 0 aliphatic heterocycles. The normalized spacial score (nSPS) is 12.5. The Labute approximate surface area is 111 Å². The van der Waals surface area contributed by atoms with E-state index in [1.807, 2.05) is 6.92 Å². The van der Waals surface area contributed by atoms with Crippen LogP contribution in [0.2, 0.25) is 0 Å². The number of ether oxygens (including phenoxy) is 1. The molecule has 1 aromatic carbocycles. The highest BCUT2D eigenvalue weighted by molar-refractivity contribution is 9.10. The summed E-state index contributed by atoms with van der Waals surface area (Å²) in [7, 11) is 0. The number of hydrogen-bond donors (Lipinski definition) is 1. The maximum absolute atomic E-state index is 13.4. The molecule has 0 spiro atoms. The van der Waals surface area contributed by atoms with Crippen LogP contribution < -0.4 is 10.1 Å². The fraction of sp³-hybridized carbons (Fsp3) is 0.538. The molecule has 96 valence electrons. The SMILES string of the molecule is CCNCCCC(C)Oc1cc(Br)ccc1F. The molecule has 0 aliphatic carbocycles. The minimum Gasteiger partial charge on any atom is -0.488 e. The van der Waals surface area contributed by atoms with Gasteiger partial charge in [-0.15, -0.1) is 0 Å². The van der Waals surface area contributed by atoms with Crippen molar-refractivity contribution in [3.63, 3.8) is 0 Å². The monoisotopic (exact) mass is 303 g/mol. The van der Waals surface area contributed by atoms with Crippen molar-refractivity contribution in [2.24, 2.45) is 0 Å². The van der Waals surface area contributed by atoms with Crippen molar-refractivity contribution in [3.05, 3.63) is 28.5 Å². The van der Waals surface area contributed by atoms with Crippen LogP contribution in [-0.2, 0) is 0 Å². The quantitative estimate of drug-likeness (QED) is 0.775. The van der Waals surface area contributed by atoms with E-state index in [-0.39, 0.29) is 11.9 Å². The Morgan fingerprint density at radius 2 is 2.24 bits per heavy atom. The molecule has 1 rings (SSSR count). The lowest BCUT2D eigenvalue weighted by molar-refractivity contribution is 0.198. The summed E-state index contributed by atoms with van der Waals surface area (Å²) < 4.78 is 19.8. The van der Waals surface area contributed by atoms with Crippen LogP contribution in [0.4, 0.5) is 4.39 Å². The van der Waals surface area contributed by atoms with Crippen molar-refractivity contribution in [1.29, 1.82) is 0 Å². The first kappa shape index (κ1) is 14.5. The predicted octanol–water partition coefficient (Wildman–Crippen LogP) is 3.75. The van der Waals surface area contributed by atoms with Gasteiger partial charge in [-0.2, -0.15) is 0 Å². The summed E-state index contributed by atoms with van der Waals surface area (Å²) in [6.45, 7) is 6.00. The van der Waals surface area contributed by atoms with Gasteiger partial charge in [0.2, 0.25) is 0 Å². The number of benzene rings is 1. The van der Waals surface area contributed by atoms with Crippen LogP contribution in [0.25, 0.3) is 0 Å². The molecule has 4 heteroatoms. The van der Waals surface area contributed by atoms with Gasteiger partial charge in [0.1, 0.15) is 0 Å². The minimum atomic E-state index is -0.313. The van der Waals surface area contributed by atoms with Gasteiger partial charge in [0.15, 0.2) is 11.6 Å². The second-order valence-electron chi connectivity index (χ2n) is 4.00. The molecule has 1 N–H and O–H groups in total. The largest absolute Gasteiger partial charge is 0.488 e. The zero-order chi connectivity index (χ0) is 12.7. The van der Waals surface area contributed by atoms with Crippen LogP contribution >= 0.6 is 15.9 Å². The van der Waals surface area contributed by atoms with Crippen LogP contribution in [0.5, 0.6) is 5.75 Å². The van der Waals surface area contributed by atoms with Crippen molar-refractivity contribution < 1.29 is 9.13 Å². The van der Waals surface area contributed by atoms with Crippen molar-refractivity contribution in [2.75, 3.05) is 13.1 Å². The first-order valence-electron chi connectivity index (χ1n) is 5.96. The number of rotatable bonds is 7. The Morgan fingerprint density at radius 1 is 1.47 bits per heavy atom. The Hall–Kier alpha value is -0.610. The molecular weight excluding hydrogens is 285 g/mol. The molecule has 0 radical (unpaired) electrons. The predicted molar refractivity (Wildman–Crippen MR) is 72.0 cm³/mol. The fourth-order valence-corrected chi connectivity index (χ4v) is 1.87. The van der Waals surface area contributed by atoms with E-state index in [0.29, 0.717) is 5.75 Å². The van der Waals surface area contributed by atoms with E-state index >= 15 is 0 Å². The van der Waals surface area contributed by atoms with E-state index in [4.69, 9.17) is 4.74 Å². The standard InChI is InChI=1S/C13H19BrFNO/c1-3-16-8-4-5-10(2)17-13-9-11(14)6-7-12(13)15/h6-7,9-10,16H,3-5,8H2,1-2H3. The number of halogens is 2. The molecule has 0 amide bonds. The van der Waals surface area contributed by atoms with E-state index in [9.17, 15) is 4.39 Å². The summed E-state index contributed by atoms with van der Waals surface area (Å²) in [4.78, 5) is 0. The summed E-state index contributed by atoms with van der Waals surface area (Å²) in [6.07, 6.45) is 1.97. The van der Waals surface area contributed by atoms with E-state index in [0.717, 1.165) is 30.4 Å². The van der Waals surface area contributed by atoms with Crippen molar-refractivity contribution in [3.8, 4) is 5.75 Å². The molecule has 1 unspecified atom stereocenters. The highest BCUT2D eigenvalue weighted by Gasteiger charge is 2.08. The molecule has 0 saturated carbocycles. The Bertz CT molecular complexity index is 346. The third kappa shape index (κ3) is 5.50. The summed E-state index contributed by atoms with van der Waals surface area (Å²) in [5, 5.41) is 3.25. The molecule has 0 bridgehead atoms. The molecule has 1 aromatic rings. The van der Waals surface area contributed by atoms with Gasteiger partial charge >= 0.3 is 0 Å². The average molecular weight is 304 g/mol. The van der Waals surface area contributed by atoms with Gasteiger partial charge in [-0.25, -0.2) is 4.39 Å². The third-order valence-corrected chi connectivity index (χ3v) is 2.93. The third-order valence-electron chi connectivity index (χ3n) is 2.44. The molecule has 0 fully saturated rings. The lowest BCUT2D eigenvalue weighted by Crippen LogP contribution is -2.18. The van der Waals surface area contributed by atoms with Crippen molar-refractivity contribution in [2.45, 2.75) is 32.8 Å². The molecule has 2 nitrogen and oxygen atoms in total. The van der Waals surface area contributed by atoms with Gasteiger partial charge in [-0.1, -0.05) is 22.9 Å². The van der Waals surface area contributed by atoms with Crippen molar-refractivity contribution >= 4 is 15.9 Å². The second kappa shape index (κ2) is 7.67. The molecule has 1 atom stereocenters. The first-order chi connectivity index (χ1) is 8.13. The lowest BCUT2D eigenvalue weighted by Gasteiger charge is -2.15.